The highest BCUT2D eigenvalue weighted by molar-refractivity contribution is 7.98. The van der Waals surface area contributed by atoms with E-state index in [0.717, 1.165) is 0 Å². The molecule has 0 saturated heterocycles. The van der Waals surface area contributed by atoms with E-state index in [1.54, 1.807) is 12.3 Å². The Hall–Kier alpha value is -1.30. The largest absolute Gasteiger partial charge is 0.383 e. The van der Waals surface area contributed by atoms with Gasteiger partial charge in [0.15, 0.2) is 0 Å². The molecule has 0 aliphatic heterocycles. The van der Waals surface area contributed by atoms with E-state index in [2.05, 4.69) is 15.1 Å². The Morgan fingerprint density at radius 3 is 3.08 bits per heavy atom. The lowest BCUT2D eigenvalue weighted by Crippen LogP contribution is -1.98. The highest BCUT2D eigenvalue weighted by Crippen LogP contribution is 2.11. The number of anilines is 1. The van der Waals surface area contributed by atoms with Crippen molar-refractivity contribution in [2.24, 2.45) is 0 Å². The van der Waals surface area contributed by atoms with Crippen molar-refractivity contribution in [1.29, 1.82) is 0 Å². The molecule has 0 aliphatic carbocycles. The maximum absolute atomic E-state index is 5.64. The van der Waals surface area contributed by atoms with Crippen LogP contribution in [0, 0.1) is 0 Å². The van der Waals surface area contributed by atoms with Crippen molar-refractivity contribution < 1.29 is 0 Å². The van der Waals surface area contributed by atoms with Gasteiger partial charge < -0.3 is 5.73 Å². The van der Waals surface area contributed by atoms with E-state index in [1.807, 2.05) is 6.26 Å². The molecule has 0 atom stereocenters. The second kappa shape index (κ2) is 2.63. The van der Waals surface area contributed by atoms with Crippen LogP contribution >= 0.6 is 11.8 Å². The predicted molar refractivity (Wildman–Crippen MR) is 47.0 cm³/mol. The average molecular weight is 181 g/mol. The summed E-state index contributed by atoms with van der Waals surface area (Å²) in [6, 6.07) is 1.69. The smallest absolute Gasteiger partial charge is 0.255 e. The minimum absolute atomic E-state index is 0.541. The monoisotopic (exact) mass is 181 g/mol. The van der Waals surface area contributed by atoms with E-state index < -0.39 is 0 Å². The van der Waals surface area contributed by atoms with Crippen molar-refractivity contribution in [2.75, 3.05) is 12.0 Å². The number of nitrogens with two attached hydrogens (primary N) is 1. The van der Waals surface area contributed by atoms with Gasteiger partial charge in [0.1, 0.15) is 5.82 Å². The lowest BCUT2D eigenvalue weighted by molar-refractivity contribution is 0.890. The van der Waals surface area contributed by atoms with E-state index >= 15 is 0 Å². The van der Waals surface area contributed by atoms with E-state index in [1.165, 1.54) is 16.3 Å². The SMILES string of the molecule is CSc1nc2nccc(N)n2n1. The van der Waals surface area contributed by atoms with Crippen LogP contribution in [0.15, 0.2) is 17.4 Å². The summed E-state index contributed by atoms with van der Waals surface area (Å²) in [5, 5.41) is 4.79. The average Bonchev–Trinajstić information content (AvgIpc) is 2.49. The number of rotatable bonds is 1. The fourth-order valence-electron chi connectivity index (χ4n) is 0.880. The number of aromatic nitrogens is 4. The van der Waals surface area contributed by atoms with Crippen molar-refractivity contribution in [2.45, 2.75) is 5.16 Å². The molecule has 0 unspecified atom stereocenters. The number of hydrogen-bond donors (Lipinski definition) is 1. The fraction of sp³-hybridized carbons (Fsp3) is 0.167. The number of fused-ring (bicyclic) bond motifs is 1. The molecule has 2 aromatic heterocycles. The summed E-state index contributed by atoms with van der Waals surface area (Å²) in [5.41, 5.74) is 5.64. The first-order chi connectivity index (χ1) is 5.81. The van der Waals surface area contributed by atoms with Crippen LogP contribution in [0.25, 0.3) is 5.78 Å². The van der Waals surface area contributed by atoms with Crippen LogP contribution in [0.1, 0.15) is 0 Å². The van der Waals surface area contributed by atoms with E-state index in [9.17, 15) is 0 Å². The molecule has 2 N–H and O–H groups in total. The Morgan fingerprint density at radius 1 is 1.58 bits per heavy atom. The quantitative estimate of drug-likeness (QED) is 0.646. The second-order valence-electron chi connectivity index (χ2n) is 2.18. The van der Waals surface area contributed by atoms with Crippen LogP contribution in [-0.4, -0.2) is 25.8 Å². The Balaban J connectivity index is 2.74. The number of nitrogens with zero attached hydrogens (tertiary/aromatic N) is 4. The maximum Gasteiger partial charge on any atom is 0.255 e. The zero-order valence-electron chi connectivity index (χ0n) is 6.43. The van der Waals surface area contributed by atoms with Gasteiger partial charge in [0.2, 0.25) is 5.16 Å². The summed E-state index contributed by atoms with van der Waals surface area (Å²) < 4.78 is 1.52. The molecule has 0 spiro atoms. The summed E-state index contributed by atoms with van der Waals surface area (Å²) in [7, 11) is 0. The molecular weight excluding hydrogens is 174 g/mol. The molecule has 6 heteroatoms. The van der Waals surface area contributed by atoms with E-state index in [4.69, 9.17) is 5.73 Å². The van der Waals surface area contributed by atoms with Gasteiger partial charge in [-0.15, -0.1) is 5.10 Å². The van der Waals surface area contributed by atoms with Crippen LogP contribution in [-0.2, 0) is 0 Å². The van der Waals surface area contributed by atoms with Crippen molar-refractivity contribution >= 4 is 23.4 Å². The molecule has 5 nitrogen and oxygen atoms in total. The van der Waals surface area contributed by atoms with Crippen LogP contribution in [0.3, 0.4) is 0 Å². The molecule has 0 fully saturated rings. The highest BCUT2D eigenvalue weighted by atomic mass is 32.2. The van der Waals surface area contributed by atoms with Crippen LogP contribution < -0.4 is 5.73 Å². The number of thioether (sulfide) groups is 1. The molecular formula is C6H7N5S. The minimum Gasteiger partial charge on any atom is -0.383 e. The van der Waals surface area contributed by atoms with Crippen molar-refractivity contribution in [3.8, 4) is 0 Å². The summed E-state index contributed by atoms with van der Waals surface area (Å²) in [6.45, 7) is 0. The number of hydrogen-bond acceptors (Lipinski definition) is 5. The maximum atomic E-state index is 5.64. The van der Waals surface area contributed by atoms with Crippen molar-refractivity contribution in [3.05, 3.63) is 12.3 Å². The Labute approximate surface area is 73.0 Å². The Bertz CT molecular complexity index is 409. The molecule has 2 rings (SSSR count). The van der Waals surface area contributed by atoms with Gasteiger partial charge in [-0.2, -0.15) is 9.50 Å². The van der Waals surface area contributed by atoms with Crippen LogP contribution in [0.4, 0.5) is 5.82 Å². The first-order valence-electron chi connectivity index (χ1n) is 3.32. The number of nitrogen functional groups attached to an aromatic ring is 1. The molecule has 0 radical (unpaired) electrons. The third-order valence-electron chi connectivity index (χ3n) is 1.43. The standard InChI is InChI=1S/C6H7N5S/c1-12-6-9-5-8-3-2-4(7)11(5)10-6/h2-3H,7H2,1H3. The van der Waals surface area contributed by atoms with Gasteiger partial charge in [-0.05, 0) is 12.3 Å². The molecule has 0 bridgehead atoms. The molecule has 2 aromatic rings. The van der Waals surface area contributed by atoms with Gasteiger partial charge in [-0.3, -0.25) is 0 Å². The lowest BCUT2D eigenvalue weighted by Gasteiger charge is -1.92. The Morgan fingerprint density at radius 2 is 2.42 bits per heavy atom. The van der Waals surface area contributed by atoms with E-state index in [0.29, 0.717) is 16.8 Å². The normalized spacial score (nSPS) is 10.8. The molecule has 62 valence electrons. The zero-order valence-corrected chi connectivity index (χ0v) is 7.25. The molecule has 0 saturated carbocycles. The van der Waals surface area contributed by atoms with Gasteiger partial charge in [-0.1, -0.05) is 11.8 Å². The predicted octanol–water partition coefficient (Wildman–Crippen LogP) is 0.428. The molecule has 2 heterocycles. The van der Waals surface area contributed by atoms with Gasteiger partial charge in [0, 0.05) is 6.20 Å². The van der Waals surface area contributed by atoms with Crippen LogP contribution in [0.2, 0.25) is 0 Å². The van der Waals surface area contributed by atoms with Gasteiger partial charge in [-0.25, -0.2) is 4.98 Å². The topological polar surface area (TPSA) is 69.1 Å². The van der Waals surface area contributed by atoms with Crippen molar-refractivity contribution in [1.82, 2.24) is 19.6 Å². The van der Waals surface area contributed by atoms with E-state index in [-0.39, 0.29) is 0 Å². The minimum atomic E-state index is 0.541. The third-order valence-corrected chi connectivity index (χ3v) is 1.97. The second-order valence-corrected chi connectivity index (χ2v) is 2.95. The summed E-state index contributed by atoms with van der Waals surface area (Å²) in [5.74, 6) is 1.09. The molecule has 0 amide bonds. The first kappa shape index (κ1) is 7.35. The fourth-order valence-corrected chi connectivity index (χ4v) is 1.22. The van der Waals surface area contributed by atoms with Crippen molar-refractivity contribution in [3.63, 3.8) is 0 Å². The molecule has 0 aliphatic rings. The highest BCUT2D eigenvalue weighted by Gasteiger charge is 2.03. The first-order valence-corrected chi connectivity index (χ1v) is 4.55. The zero-order chi connectivity index (χ0) is 8.55. The van der Waals surface area contributed by atoms with Gasteiger partial charge in [0.25, 0.3) is 5.78 Å². The summed E-state index contributed by atoms with van der Waals surface area (Å²) >= 11 is 1.46. The molecule has 0 aromatic carbocycles. The van der Waals surface area contributed by atoms with Crippen LogP contribution in [0.5, 0.6) is 0 Å². The molecule has 12 heavy (non-hydrogen) atoms. The van der Waals surface area contributed by atoms with Gasteiger partial charge >= 0.3 is 0 Å². The van der Waals surface area contributed by atoms with Gasteiger partial charge in [0.05, 0.1) is 0 Å². The third kappa shape index (κ3) is 1.00. The lowest BCUT2D eigenvalue weighted by atomic mass is 10.6. The summed E-state index contributed by atoms with van der Waals surface area (Å²) in [6.07, 6.45) is 3.52. The Kier molecular flexibility index (Phi) is 1.61. The summed E-state index contributed by atoms with van der Waals surface area (Å²) in [4.78, 5) is 8.12.